The molecule has 0 saturated carbocycles. The fourth-order valence-corrected chi connectivity index (χ4v) is 5.36. The van der Waals surface area contributed by atoms with Crippen molar-refractivity contribution in [2.24, 2.45) is 5.10 Å². The Morgan fingerprint density at radius 2 is 1.58 bits per heavy atom. The van der Waals surface area contributed by atoms with Crippen LogP contribution >= 0.6 is 38.5 Å². The molecular weight excluding hydrogens is 638 g/mol. The van der Waals surface area contributed by atoms with Gasteiger partial charge < -0.3 is 9.84 Å². The molecule has 1 amide bonds. The molecule has 182 valence electrons. The van der Waals surface area contributed by atoms with Crippen LogP contribution in [0.25, 0.3) is 0 Å². The van der Waals surface area contributed by atoms with E-state index in [1.807, 2.05) is 18.2 Å². The van der Waals surface area contributed by atoms with Gasteiger partial charge in [-0.15, -0.1) is 0 Å². The van der Waals surface area contributed by atoms with E-state index >= 15 is 0 Å². The van der Waals surface area contributed by atoms with Crippen LogP contribution in [-0.2, 0) is 17.0 Å². The topological polar surface area (TPSA) is 70.9 Å². The van der Waals surface area contributed by atoms with Crippen LogP contribution in [0.1, 0.15) is 22.3 Å². The van der Waals surface area contributed by atoms with Crippen molar-refractivity contribution in [2.45, 2.75) is 12.2 Å². The number of rotatable bonds is 8. The lowest BCUT2D eigenvalue weighted by atomic mass is 9.85. The highest BCUT2D eigenvalue weighted by Gasteiger charge is 2.39. The molecule has 0 radical (unpaired) electrons. The second-order valence-electron chi connectivity index (χ2n) is 7.84. The second kappa shape index (κ2) is 11.8. The average Bonchev–Trinajstić information content (AvgIpc) is 2.89. The lowest BCUT2D eigenvalue weighted by Crippen LogP contribution is -2.43. The number of amides is 1. The van der Waals surface area contributed by atoms with E-state index in [1.54, 1.807) is 72.8 Å². The number of carbonyl (C=O) groups is 1. The van der Waals surface area contributed by atoms with E-state index in [-0.39, 0.29) is 12.4 Å². The van der Waals surface area contributed by atoms with Gasteiger partial charge in [0.05, 0.1) is 14.3 Å². The summed E-state index contributed by atoms with van der Waals surface area (Å²) in [5.74, 6) is -0.439. The minimum Gasteiger partial charge on any atom is -0.486 e. The number of halogens is 3. The lowest BCUT2D eigenvalue weighted by Gasteiger charge is -2.27. The molecule has 36 heavy (non-hydrogen) atoms. The SMILES string of the molecule is O=C(N/N=C/c1cc(Br)c(OCc2ccccc2F)c(I)c1)C(O)(c1ccccc1)c1ccccc1. The molecule has 0 bridgehead atoms. The van der Waals surface area contributed by atoms with Crippen molar-refractivity contribution in [3.8, 4) is 5.75 Å². The molecule has 0 fully saturated rings. The molecule has 0 aliphatic heterocycles. The summed E-state index contributed by atoms with van der Waals surface area (Å²) >= 11 is 5.61. The summed E-state index contributed by atoms with van der Waals surface area (Å²) in [7, 11) is 0. The highest BCUT2D eigenvalue weighted by molar-refractivity contribution is 14.1. The first-order valence-corrected chi connectivity index (χ1v) is 12.8. The molecule has 0 aromatic heterocycles. The molecule has 5 nitrogen and oxygen atoms in total. The first-order valence-electron chi connectivity index (χ1n) is 10.9. The van der Waals surface area contributed by atoms with Crippen LogP contribution in [-0.4, -0.2) is 17.2 Å². The average molecular weight is 659 g/mol. The molecule has 0 saturated heterocycles. The molecule has 4 aromatic rings. The minimum absolute atomic E-state index is 0.0856. The minimum atomic E-state index is -1.92. The molecule has 0 aliphatic carbocycles. The predicted octanol–water partition coefficient (Wildman–Crippen LogP) is 6.16. The van der Waals surface area contributed by atoms with Gasteiger partial charge in [0.2, 0.25) is 0 Å². The Hall–Kier alpha value is -3.08. The summed E-state index contributed by atoms with van der Waals surface area (Å²) in [6.45, 7) is 0.0856. The standard InChI is InChI=1S/C28H21BrFIN2O3/c29-23-15-19(16-25(31)26(23)36-18-20-9-7-8-14-24(20)30)17-32-33-27(34)28(35,21-10-3-1-4-11-21)22-12-5-2-6-13-22/h1-17,35H,18H2,(H,33,34)/b32-17+. The molecule has 4 aromatic carbocycles. The molecule has 0 heterocycles. The zero-order chi connectivity index (χ0) is 25.5. The Morgan fingerprint density at radius 3 is 2.17 bits per heavy atom. The first kappa shape index (κ1) is 26.0. The smallest absolute Gasteiger partial charge is 0.281 e. The van der Waals surface area contributed by atoms with Gasteiger partial charge in [0.25, 0.3) is 5.91 Å². The van der Waals surface area contributed by atoms with Crippen LogP contribution in [0.2, 0.25) is 0 Å². The molecule has 0 unspecified atom stereocenters. The number of benzene rings is 4. The Kier molecular flexibility index (Phi) is 8.50. The number of carbonyl (C=O) groups excluding carboxylic acids is 1. The summed E-state index contributed by atoms with van der Waals surface area (Å²) in [4.78, 5) is 13.2. The highest BCUT2D eigenvalue weighted by Crippen LogP contribution is 2.33. The maximum Gasteiger partial charge on any atom is 0.281 e. The van der Waals surface area contributed by atoms with Crippen molar-refractivity contribution in [1.29, 1.82) is 0 Å². The molecule has 4 rings (SSSR count). The summed E-state index contributed by atoms with van der Waals surface area (Å²) in [6, 6.07) is 27.5. The van der Waals surface area contributed by atoms with Crippen LogP contribution in [0.15, 0.2) is 107 Å². The van der Waals surface area contributed by atoms with Crippen LogP contribution < -0.4 is 10.2 Å². The largest absolute Gasteiger partial charge is 0.486 e. The summed E-state index contributed by atoms with van der Waals surface area (Å²) in [6.07, 6.45) is 1.47. The summed E-state index contributed by atoms with van der Waals surface area (Å²) in [5.41, 5.74) is 2.55. The summed E-state index contributed by atoms with van der Waals surface area (Å²) in [5, 5.41) is 15.6. The van der Waals surface area contributed by atoms with Gasteiger partial charge in [-0.3, -0.25) is 4.79 Å². The number of nitrogens with one attached hydrogen (secondary N) is 1. The number of hydrazone groups is 1. The first-order chi connectivity index (χ1) is 17.4. The second-order valence-corrected chi connectivity index (χ2v) is 9.85. The number of hydrogen-bond donors (Lipinski definition) is 2. The molecule has 0 atom stereocenters. The van der Waals surface area contributed by atoms with Gasteiger partial charge in [0.1, 0.15) is 18.2 Å². The summed E-state index contributed by atoms with van der Waals surface area (Å²) < 4.78 is 21.2. The van der Waals surface area contributed by atoms with Gasteiger partial charge in [0.15, 0.2) is 5.60 Å². The predicted molar refractivity (Wildman–Crippen MR) is 149 cm³/mol. The van der Waals surface area contributed by atoms with E-state index in [0.29, 0.717) is 32.5 Å². The van der Waals surface area contributed by atoms with E-state index in [9.17, 15) is 14.3 Å². The van der Waals surface area contributed by atoms with Gasteiger partial charge in [-0.05, 0) is 73.4 Å². The van der Waals surface area contributed by atoms with E-state index in [4.69, 9.17) is 4.74 Å². The normalized spacial score (nSPS) is 11.4. The number of hydrogen-bond acceptors (Lipinski definition) is 4. The van der Waals surface area contributed by atoms with E-state index in [1.165, 1.54) is 12.3 Å². The molecule has 2 N–H and O–H groups in total. The maximum absolute atomic E-state index is 13.9. The van der Waals surface area contributed by atoms with Crippen molar-refractivity contribution in [3.05, 3.63) is 133 Å². The van der Waals surface area contributed by atoms with Crippen molar-refractivity contribution in [3.63, 3.8) is 0 Å². The third-order valence-electron chi connectivity index (χ3n) is 5.44. The zero-order valence-corrected chi connectivity index (χ0v) is 22.6. The number of nitrogens with zero attached hydrogens (tertiary/aromatic N) is 1. The number of aliphatic hydroxyl groups is 1. The zero-order valence-electron chi connectivity index (χ0n) is 18.9. The lowest BCUT2D eigenvalue weighted by molar-refractivity contribution is -0.136. The molecule has 0 spiro atoms. The maximum atomic E-state index is 13.9. The third-order valence-corrected chi connectivity index (χ3v) is 6.83. The van der Waals surface area contributed by atoms with Crippen molar-refractivity contribution >= 4 is 50.6 Å². The van der Waals surface area contributed by atoms with E-state index in [0.717, 1.165) is 3.57 Å². The van der Waals surface area contributed by atoms with E-state index < -0.39 is 11.5 Å². The molecule has 0 aliphatic rings. The fourth-order valence-electron chi connectivity index (χ4n) is 3.59. The number of ether oxygens (including phenoxy) is 1. The van der Waals surface area contributed by atoms with Crippen LogP contribution in [0.3, 0.4) is 0 Å². The monoisotopic (exact) mass is 658 g/mol. The Morgan fingerprint density at radius 1 is 1.00 bits per heavy atom. The molecular formula is C28H21BrFIN2O3. The van der Waals surface area contributed by atoms with Crippen molar-refractivity contribution < 1.29 is 19.0 Å². The quantitative estimate of drug-likeness (QED) is 0.135. The van der Waals surface area contributed by atoms with Crippen LogP contribution in [0.4, 0.5) is 4.39 Å². The fraction of sp³-hybridized carbons (Fsp3) is 0.0714. The van der Waals surface area contributed by atoms with Gasteiger partial charge in [-0.1, -0.05) is 78.9 Å². The Labute approximate surface area is 230 Å². The van der Waals surface area contributed by atoms with Gasteiger partial charge in [-0.2, -0.15) is 5.10 Å². The van der Waals surface area contributed by atoms with Gasteiger partial charge in [-0.25, -0.2) is 9.82 Å². The van der Waals surface area contributed by atoms with Crippen LogP contribution in [0.5, 0.6) is 5.75 Å². The van der Waals surface area contributed by atoms with E-state index in [2.05, 4.69) is 49.0 Å². The van der Waals surface area contributed by atoms with Gasteiger partial charge in [0, 0.05) is 5.56 Å². The third kappa shape index (κ3) is 5.83. The Balaban J connectivity index is 1.50. The van der Waals surface area contributed by atoms with Crippen molar-refractivity contribution in [1.82, 2.24) is 5.43 Å². The highest BCUT2D eigenvalue weighted by atomic mass is 127. The Bertz CT molecular complexity index is 1320. The van der Waals surface area contributed by atoms with Crippen molar-refractivity contribution in [2.75, 3.05) is 0 Å². The molecule has 8 heteroatoms. The van der Waals surface area contributed by atoms with Crippen LogP contribution in [0, 0.1) is 9.39 Å². The van der Waals surface area contributed by atoms with Gasteiger partial charge >= 0.3 is 0 Å².